The zero-order chi connectivity index (χ0) is 30.1. The van der Waals surface area contributed by atoms with Crippen LogP contribution in [0.1, 0.15) is 40.0 Å². The SMILES string of the molecule is Nc1ccc(C=CC(=O)NCc2cc3cc(-c4ccc(C(=O)N5CCC(F)(F)CC5)cn4)cc(C(F)(F)F)c3[nH]2)cn1. The molecule has 5 rings (SSSR count). The standard InChI is InChI=1S/C29H25F5N6O2/c30-28(31)7-9-40(10-8-28)27(42)18-3-4-23(36-15-18)19-11-20-12-21(39-26(20)22(13-19)29(32,33)34)16-38-25(41)6-2-17-1-5-24(35)37-14-17/h1-6,11-15,39H,7-10,16H2,(H2,35,37)(H,38,41). The molecule has 2 amide bonds. The van der Waals surface area contributed by atoms with E-state index in [0.29, 0.717) is 17.1 Å². The molecule has 0 aliphatic carbocycles. The third kappa shape index (κ3) is 6.56. The number of fused-ring (bicyclic) bond motifs is 1. The van der Waals surface area contributed by atoms with Gasteiger partial charge in [0.1, 0.15) is 5.82 Å². The second-order valence-corrected chi connectivity index (χ2v) is 9.93. The fourth-order valence-electron chi connectivity index (χ4n) is 4.61. The molecule has 1 fully saturated rings. The minimum absolute atomic E-state index is 0.0536. The number of halogens is 5. The number of aromatic nitrogens is 3. The Balaban J connectivity index is 1.33. The van der Waals surface area contributed by atoms with Crippen LogP contribution in [-0.4, -0.2) is 50.7 Å². The van der Waals surface area contributed by atoms with Gasteiger partial charge in [0.2, 0.25) is 5.91 Å². The summed E-state index contributed by atoms with van der Waals surface area (Å²) in [7, 11) is 0. The molecule has 4 heterocycles. The number of pyridine rings is 2. The van der Waals surface area contributed by atoms with E-state index in [9.17, 15) is 31.5 Å². The van der Waals surface area contributed by atoms with E-state index < -0.39 is 42.3 Å². The zero-order valence-corrected chi connectivity index (χ0v) is 22.0. The molecule has 0 radical (unpaired) electrons. The van der Waals surface area contributed by atoms with Gasteiger partial charge in [-0.3, -0.25) is 14.6 Å². The average Bonchev–Trinajstić information content (AvgIpc) is 3.37. The minimum atomic E-state index is -4.69. The first-order valence-corrected chi connectivity index (χ1v) is 12.9. The predicted molar refractivity (Wildman–Crippen MR) is 146 cm³/mol. The van der Waals surface area contributed by atoms with Gasteiger partial charge >= 0.3 is 6.18 Å². The highest BCUT2D eigenvalue weighted by molar-refractivity contribution is 5.95. The van der Waals surface area contributed by atoms with Crippen LogP contribution in [0, 0.1) is 0 Å². The van der Waals surface area contributed by atoms with E-state index >= 15 is 0 Å². The number of nitrogen functional groups attached to an aromatic ring is 1. The highest BCUT2D eigenvalue weighted by Crippen LogP contribution is 2.38. The van der Waals surface area contributed by atoms with Gasteiger partial charge in [-0.2, -0.15) is 13.2 Å². The molecular weight excluding hydrogens is 559 g/mol. The number of piperidine rings is 1. The van der Waals surface area contributed by atoms with Gasteiger partial charge in [-0.15, -0.1) is 0 Å². The Morgan fingerprint density at radius 1 is 1.05 bits per heavy atom. The largest absolute Gasteiger partial charge is 0.418 e. The number of benzene rings is 1. The number of nitrogens with zero attached hydrogens (tertiary/aromatic N) is 3. The van der Waals surface area contributed by atoms with Crippen LogP contribution in [0.5, 0.6) is 0 Å². The maximum Gasteiger partial charge on any atom is 0.418 e. The topological polar surface area (TPSA) is 117 Å². The van der Waals surface area contributed by atoms with Crippen LogP contribution in [0.15, 0.2) is 60.9 Å². The molecule has 4 N–H and O–H groups in total. The normalized spacial score (nSPS) is 15.3. The highest BCUT2D eigenvalue weighted by atomic mass is 19.4. The summed E-state index contributed by atoms with van der Waals surface area (Å²) < 4.78 is 68.9. The van der Waals surface area contributed by atoms with Crippen molar-refractivity contribution in [2.75, 3.05) is 18.8 Å². The van der Waals surface area contributed by atoms with E-state index in [1.54, 1.807) is 12.1 Å². The first-order chi connectivity index (χ1) is 19.9. The number of amides is 2. The monoisotopic (exact) mass is 584 g/mol. The van der Waals surface area contributed by atoms with Crippen molar-refractivity contribution in [1.82, 2.24) is 25.2 Å². The maximum absolute atomic E-state index is 14.0. The van der Waals surface area contributed by atoms with Gasteiger partial charge in [0.25, 0.3) is 11.8 Å². The van der Waals surface area contributed by atoms with Crippen LogP contribution >= 0.6 is 0 Å². The highest BCUT2D eigenvalue weighted by Gasteiger charge is 2.36. The number of hydrogen-bond donors (Lipinski definition) is 3. The van der Waals surface area contributed by atoms with Gasteiger partial charge in [-0.05, 0) is 54.1 Å². The van der Waals surface area contributed by atoms with E-state index in [2.05, 4.69) is 20.3 Å². The van der Waals surface area contributed by atoms with Crippen molar-refractivity contribution < 1.29 is 31.5 Å². The molecule has 1 aliphatic rings. The molecule has 218 valence electrons. The van der Waals surface area contributed by atoms with E-state index in [0.717, 1.165) is 6.07 Å². The van der Waals surface area contributed by atoms with E-state index in [4.69, 9.17) is 5.73 Å². The molecule has 8 nitrogen and oxygen atoms in total. The minimum Gasteiger partial charge on any atom is -0.384 e. The molecular formula is C29H25F5N6O2. The van der Waals surface area contributed by atoms with Crippen molar-refractivity contribution in [3.05, 3.63) is 83.3 Å². The Kier molecular flexibility index (Phi) is 7.67. The van der Waals surface area contributed by atoms with Crippen molar-refractivity contribution >= 4 is 34.6 Å². The predicted octanol–water partition coefficient (Wildman–Crippen LogP) is 5.43. The Hall–Kier alpha value is -4.81. The quantitative estimate of drug-likeness (QED) is 0.207. The molecule has 3 aromatic heterocycles. The molecule has 0 unspecified atom stereocenters. The van der Waals surface area contributed by atoms with Crippen LogP contribution in [-0.2, 0) is 17.5 Å². The second kappa shape index (κ2) is 11.2. The number of carbonyl (C=O) groups is 2. The molecule has 0 bridgehead atoms. The van der Waals surface area contributed by atoms with Gasteiger partial charge in [-0.25, -0.2) is 13.8 Å². The van der Waals surface area contributed by atoms with E-state index in [1.807, 2.05) is 0 Å². The third-order valence-corrected chi connectivity index (χ3v) is 6.87. The number of likely N-dealkylation sites (tertiary alicyclic amines) is 1. The summed E-state index contributed by atoms with van der Waals surface area (Å²) >= 11 is 0. The number of H-pyrrole nitrogens is 1. The smallest absolute Gasteiger partial charge is 0.384 e. The molecule has 1 aromatic carbocycles. The summed E-state index contributed by atoms with van der Waals surface area (Å²) in [6, 6.07) is 10.1. The number of hydrogen-bond acceptors (Lipinski definition) is 5. The Morgan fingerprint density at radius 3 is 2.45 bits per heavy atom. The van der Waals surface area contributed by atoms with Crippen LogP contribution in [0.2, 0.25) is 0 Å². The lowest BCUT2D eigenvalue weighted by atomic mass is 10.0. The number of nitrogens with two attached hydrogens (primary N) is 1. The van der Waals surface area contributed by atoms with Crippen LogP contribution in [0.25, 0.3) is 28.2 Å². The van der Waals surface area contributed by atoms with Crippen LogP contribution in [0.4, 0.5) is 27.8 Å². The maximum atomic E-state index is 14.0. The van der Waals surface area contributed by atoms with Crippen molar-refractivity contribution in [3.8, 4) is 11.3 Å². The fraction of sp³-hybridized carbons (Fsp3) is 0.241. The van der Waals surface area contributed by atoms with Crippen LogP contribution < -0.4 is 11.1 Å². The molecule has 0 saturated carbocycles. The lowest BCUT2D eigenvalue weighted by molar-refractivity contribution is -0.136. The molecule has 1 aliphatic heterocycles. The van der Waals surface area contributed by atoms with Crippen LogP contribution in [0.3, 0.4) is 0 Å². The summed E-state index contributed by atoms with van der Waals surface area (Å²) in [6.07, 6.45) is -0.0233. The summed E-state index contributed by atoms with van der Waals surface area (Å²) in [5.74, 6) is -3.39. The first kappa shape index (κ1) is 28.7. The molecule has 0 spiro atoms. The number of carbonyl (C=O) groups excluding carboxylic acids is 2. The third-order valence-electron chi connectivity index (χ3n) is 6.87. The molecule has 1 saturated heterocycles. The number of alkyl halides is 5. The average molecular weight is 585 g/mol. The number of aromatic amines is 1. The van der Waals surface area contributed by atoms with E-state index in [1.165, 1.54) is 53.7 Å². The summed E-state index contributed by atoms with van der Waals surface area (Å²) in [4.78, 5) is 37.1. The van der Waals surface area contributed by atoms with Crippen molar-refractivity contribution in [2.24, 2.45) is 0 Å². The van der Waals surface area contributed by atoms with Gasteiger partial charge in [0.05, 0.1) is 28.9 Å². The van der Waals surface area contributed by atoms with Crippen molar-refractivity contribution in [1.29, 1.82) is 0 Å². The lowest BCUT2D eigenvalue weighted by Crippen LogP contribution is -2.42. The van der Waals surface area contributed by atoms with E-state index in [-0.39, 0.29) is 47.4 Å². The van der Waals surface area contributed by atoms with Crippen molar-refractivity contribution in [2.45, 2.75) is 31.5 Å². The fourth-order valence-corrected chi connectivity index (χ4v) is 4.61. The first-order valence-electron chi connectivity index (χ1n) is 12.9. The Morgan fingerprint density at radius 2 is 1.81 bits per heavy atom. The molecule has 42 heavy (non-hydrogen) atoms. The molecule has 0 atom stereocenters. The summed E-state index contributed by atoms with van der Waals surface area (Å²) in [5.41, 5.74) is 5.99. The summed E-state index contributed by atoms with van der Waals surface area (Å²) in [6.45, 7) is -0.237. The number of rotatable bonds is 6. The summed E-state index contributed by atoms with van der Waals surface area (Å²) in [5, 5.41) is 2.87. The molecule has 13 heteroatoms. The number of anilines is 1. The Labute approximate surface area is 236 Å². The number of nitrogens with one attached hydrogen (secondary N) is 2. The zero-order valence-electron chi connectivity index (χ0n) is 22.0. The molecule has 4 aromatic rings. The Bertz CT molecular complexity index is 1640. The second-order valence-electron chi connectivity index (χ2n) is 9.93. The van der Waals surface area contributed by atoms with Gasteiger partial charge in [-0.1, -0.05) is 0 Å². The van der Waals surface area contributed by atoms with Gasteiger partial charge in [0.15, 0.2) is 0 Å². The van der Waals surface area contributed by atoms with Gasteiger partial charge < -0.3 is 20.9 Å². The van der Waals surface area contributed by atoms with Gasteiger partial charge in [0, 0.05) is 61.0 Å². The lowest BCUT2D eigenvalue weighted by Gasteiger charge is -2.31. The van der Waals surface area contributed by atoms with Crippen molar-refractivity contribution in [3.63, 3.8) is 0 Å².